The van der Waals surface area contributed by atoms with Gasteiger partial charge in [-0.3, -0.25) is 0 Å². The molecule has 0 bridgehead atoms. The molecule has 2 heterocycles. The molecule has 0 atom stereocenters. The highest BCUT2D eigenvalue weighted by atomic mass is 15.1. The van der Waals surface area contributed by atoms with Crippen LogP contribution in [0.15, 0.2) is 127 Å². The van der Waals surface area contributed by atoms with Gasteiger partial charge in [-0.1, -0.05) is 138 Å². The van der Waals surface area contributed by atoms with Crippen LogP contribution >= 0.6 is 0 Å². The number of aryl methyl sites for hydroxylation is 7. The lowest BCUT2D eigenvalue weighted by Crippen LogP contribution is -2.64. The fourth-order valence-electron chi connectivity index (χ4n) is 9.82. The maximum atomic E-state index is 2.54. The first-order valence-corrected chi connectivity index (χ1v) is 19.4. The van der Waals surface area contributed by atoms with Gasteiger partial charge in [0.15, 0.2) is 0 Å². The molecule has 7 aromatic carbocycles. The molecular formula is C52H48BN. The molecule has 54 heavy (non-hydrogen) atoms. The second kappa shape index (κ2) is 12.5. The standard InChI is InChI=1S/C52H48BN/c1-31-10-15-44(16-11-31)54-48-18-12-32(2)26-47(48)53-46-30-38(14-17-45(46)52(8,9)50-37(7)13-19-49(54)51(50)53)41-27-42(39-22-33(3)20-34(4)23-39)29-43(28-41)40-24-35(5)21-36(6)25-40/h10-30H,1-9H3. The minimum absolute atomic E-state index is 0.121. The van der Waals surface area contributed by atoms with Gasteiger partial charge in [0.25, 0.3) is 0 Å². The van der Waals surface area contributed by atoms with Crippen LogP contribution in [0, 0.1) is 48.5 Å². The van der Waals surface area contributed by atoms with Crippen LogP contribution in [0.4, 0.5) is 17.1 Å². The predicted molar refractivity (Wildman–Crippen MR) is 234 cm³/mol. The molecule has 264 valence electrons. The van der Waals surface area contributed by atoms with E-state index < -0.39 is 0 Å². The molecule has 2 aliphatic heterocycles. The summed E-state index contributed by atoms with van der Waals surface area (Å²) in [5.74, 6) is 0. The van der Waals surface area contributed by atoms with E-state index in [4.69, 9.17) is 0 Å². The molecule has 1 nitrogen and oxygen atoms in total. The smallest absolute Gasteiger partial charge is 0.247 e. The van der Waals surface area contributed by atoms with E-state index in [0.29, 0.717) is 0 Å². The van der Waals surface area contributed by atoms with Crippen molar-refractivity contribution >= 4 is 40.2 Å². The molecule has 0 radical (unpaired) electrons. The van der Waals surface area contributed by atoms with Crippen molar-refractivity contribution in [2.45, 2.75) is 67.7 Å². The summed E-state index contributed by atoms with van der Waals surface area (Å²) in [5.41, 5.74) is 27.3. The molecule has 2 heteroatoms. The van der Waals surface area contributed by atoms with E-state index in [2.05, 4.69) is 195 Å². The van der Waals surface area contributed by atoms with Gasteiger partial charge in [-0.25, -0.2) is 0 Å². The van der Waals surface area contributed by atoms with E-state index in [0.717, 1.165) is 0 Å². The monoisotopic (exact) mass is 697 g/mol. The van der Waals surface area contributed by atoms with E-state index in [1.807, 2.05) is 0 Å². The van der Waals surface area contributed by atoms with Crippen molar-refractivity contribution in [2.75, 3.05) is 4.90 Å². The molecule has 0 saturated carbocycles. The molecule has 0 fully saturated rings. The van der Waals surface area contributed by atoms with Gasteiger partial charge in [0, 0.05) is 22.5 Å². The summed E-state index contributed by atoms with van der Waals surface area (Å²) in [4.78, 5) is 2.51. The Hall–Kier alpha value is -5.60. The highest BCUT2D eigenvalue weighted by molar-refractivity contribution is 6.99. The summed E-state index contributed by atoms with van der Waals surface area (Å²) in [6.07, 6.45) is 0. The van der Waals surface area contributed by atoms with Crippen LogP contribution in [0.2, 0.25) is 0 Å². The van der Waals surface area contributed by atoms with E-state index in [1.54, 1.807) is 0 Å². The molecule has 0 aromatic heterocycles. The van der Waals surface area contributed by atoms with Gasteiger partial charge in [0.1, 0.15) is 0 Å². The van der Waals surface area contributed by atoms with Gasteiger partial charge in [0.05, 0.1) is 0 Å². The molecule has 0 aliphatic carbocycles. The highest BCUT2D eigenvalue weighted by Crippen LogP contribution is 2.44. The lowest BCUT2D eigenvalue weighted by Gasteiger charge is -2.46. The second-order valence-corrected chi connectivity index (χ2v) is 16.8. The zero-order valence-corrected chi connectivity index (χ0v) is 33.1. The first kappa shape index (κ1) is 34.2. The lowest BCUT2D eigenvalue weighted by atomic mass is 9.29. The zero-order chi connectivity index (χ0) is 37.6. The number of nitrogens with zero attached hydrogens (tertiary/aromatic N) is 1. The van der Waals surface area contributed by atoms with Crippen molar-refractivity contribution in [3.63, 3.8) is 0 Å². The average Bonchev–Trinajstić information content (AvgIpc) is 3.12. The molecule has 0 amide bonds. The molecule has 0 saturated heterocycles. The number of fused-ring (bicyclic) bond motifs is 4. The van der Waals surface area contributed by atoms with Crippen LogP contribution < -0.4 is 21.3 Å². The van der Waals surface area contributed by atoms with Crippen molar-refractivity contribution in [2.24, 2.45) is 0 Å². The van der Waals surface area contributed by atoms with E-state index in [1.165, 1.54) is 117 Å². The first-order valence-electron chi connectivity index (χ1n) is 19.4. The van der Waals surface area contributed by atoms with E-state index >= 15 is 0 Å². The number of benzene rings is 7. The normalized spacial score (nSPS) is 13.7. The van der Waals surface area contributed by atoms with Crippen molar-refractivity contribution in [3.05, 3.63) is 177 Å². The fraction of sp³-hybridized carbons (Fsp3) is 0.192. The average molecular weight is 698 g/mol. The summed E-state index contributed by atoms with van der Waals surface area (Å²) >= 11 is 0. The Morgan fingerprint density at radius 3 is 1.52 bits per heavy atom. The van der Waals surface area contributed by atoms with Gasteiger partial charge in [-0.2, -0.15) is 0 Å². The maximum Gasteiger partial charge on any atom is 0.247 e. The third-order valence-corrected chi connectivity index (χ3v) is 12.0. The minimum atomic E-state index is -0.175. The molecule has 2 aliphatic rings. The number of anilines is 3. The zero-order valence-electron chi connectivity index (χ0n) is 33.1. The third kappa shape index (κ3) is 5.54. The first-order chi connectivity index (χ1) is 25.8. The van der Waals surface area contributed by atoms with Crippen LogP contribution in [-0.2, 0) is 5.41 Å². The Morgan fingerprint density at radius 2 is 0.926 bits per heavy atom. The van der Waals surface area contributed by atoms with Crippen LogP contribution in [0.25, 0.3) is 33.4 Å². The lowest BCUT2D eigenvalue weighted by molar-refractivity contribution is 0.641. The molecule has 9 rings (SSSR count). The molecule has 0 N–H and O–H groups in total. The van der Waals surface area contributed by atoms with Gasteiger partial charge in [-0.05, 0) is 152 Å². The van der Waals surface area contributed by atoms with Crippen LogP contribution in [-0.4, -0.2) is 6.71 Å². The van der Waals surface area contributed by atoms with Gasteiger partial charge in [0.2, 0.25) is 6.71 Å². The largest absolute Gasteiger partial charge is 0.312 e. The minimum Gasteiger partial charge on any atom is -0.312 e. The number of rotatable bonds is 4. The maximum absolute atomic E-state index is 2.54. The molecule has 7 aromatic rings. The topological polar surface area (TPSA) is 3.24 Å². The van der Waals surface area contributed by atoms with Crippen LogP contribution in [0.1, 0.15) is 63.9 Å². The third-order valence-electron chi connectivity index (χ3n) is 12.0. The number of hydrogen-bond donors (Lipinski definition) is 0. The molecular weight excluding hydrogens is 649 g/mol. The Morgan fingerprint density at radius 1 is 0.407 bits per heavy atom. The Labute approximate surface area is 322 Å². The van der Waals surface area contributed by atoms with Crippen molar-refractivity contribution in [3.8, 4) is 33.4 Å². The summed E-state index contributed by atoms with van der Waals surface area (Å²) in [6, 6.07) is 49.2. The van der Waals surface area contributed by atoms with Crippen molar-refractivity contribution < 1.29 is 0 Å². The van der Waals surface area contributed by atoms with Crippen LogP contribution in [0.3, 0.4) is 0 Å². The summed E-state index contributed by atoms with van der Waals surface area (Å²) in [7, 11) is 0. The van der Waals surface area contributed by atoms with Gasteiger partial charge < -0.3 is 4.90 Å². The molecule has 0 spiro atoms. The molecule has 0 unspecified atom stereocenters. The fourth-order valence-corrected chi connectivity index (χ4v) is 9.82. The predicted octanol–water partition coefficient (Wildman–Crippen LogP) is 11.8. The van der Waals surface area contributed by atoms with Gasteiger partial charge >= 0.3 is 0 Å². The highest BCUT2D eigenvalue weighted by Gasteiger charge is 2.46. The second-order valence-electron chi connectivity index (χ2n) is 16.8. The van der Waals surface area contributed by atoms with E-state index in [-0.39, 0.29) is 12.1 Å². The van der Waals surface area contributed by atoms with Gasteiger partial charge in [-0.15, -0.1) is 0 Å². The Bertz CT molecular complexity index is 2550. The van der Waals surface area contributed by atoms with E-state index in [9.17, 15) is 0 Å². The van der Waals surface area contributed by atoms with Crippen molar-refractivity contribution in [1.29, 1.82) is 0 Å². The van der Waals surface area contributed by atoms with Crippen molar-refractivity contribution in [1.82, 2.24) is 0 Å². The van der Waals surface area contributed by atoms with Crippen LogP contribution in [0.5, 0.6) is 0 Å². The quantitative estimate of drug-likeness (QED) is 0.166. The summed E-state index contributed by atoms with van der Waals surface area (Å²) < 4.78 is 0. The number of hydrogen-bond acceptors (Lipinski definition) is 1. The Kier molecular flexibility index (Phi) is 7.91. The SMILES string of the molecule is Cc1ccc(N2c3ccc(C)cc3B3c4cc(-c5cc(-c6cc(C)cc(C)c6)cc(-c6cc(C)cc(C)c6)c5)ccc4C(C)(C)c4c(C)ccc2c43)cc1. The summed E-state index contributed by atoms with van der Waals surface area (Å²) in [5, 5.41) is 0. The summed E-state index contributed by atoms with van der Waals surface area (Å²) in [6.45, 7) is 20.5. The Balaban J connectivity index is 1.30.